The predicted molar refractivity (Wildman–Crippen MR) is 136 cm³/mol. The average molecular weight is 501 g/mol. The Balaban J connectivity index is 1.67. The fraction of sp³-hybridized carbons (Fsp3) is 0.586. The number of aliphatic carboxylic acids is 1. The van der Waals surface area contributed by atoms with Crippen LogP contribution >= 0.6 is 0 Å². The number of carbonyl (C=O) groups is 2. The number of esters is 1. The van der Waals surface area contributed by atoms with E-state index in [4.69, 9.17) is 14.6 Å². The van der Waals surface area contributed by atoms with Crippen LogP contribution in [0.4, 0.5) is 0 Å². The molecule has 7 atom stereocenters. The lowest BCUT2D eigenvalue weighted by atomic mass is 9.66. The Morgan fingerprint density at radius 3 is 2.56 bits per heavy atom. The number of fused-ring (bicyclic) bond motifs is 1. The van der Waals surface area contributed by atoms with Gasteiger partial charge >= 0.3 is 11.9 Å². The van der Waals surface area contributed by atoms with E-state index in [1.165, 1.54) is 5.57 Å². The van der Waals surface area contributed by atoms with Crippen molar-refractivity contribution in [1.82, 2.24) is 0 Å². The Morgan fingerprint density at radius 2 is 1.86 bits per heavy atom. The maximum absolute atomic E-state index is 13.2. The van der Waals surface area contributed by atoms with Crippen LogP contribution in [0.1, 0.15) is 65.2 Å². The van der Waals surface area contributed by atoms with E-state index >= 15 is 0 Å². The van der Waals surface area contributed by atoms with Gasteiger partial charge in [-0.2, -0.15) is 0 Å². The highest BCUT2D eigenvalue weighted by molar-refractivity contribution is 5.75. The summed E-state index contributed by atoms with van der Waals surface area (Å²) in [6, 6.07) is 9.31. The van der Waals surface area contributed by atoms with Gasteiger partial charge in [-0.25, -0.2) is 4.79 Å². The summed E-state index contributed by atoms with van der Waals surface area (Å²) in [5.74, 6) is -0.370. The van der Waals surface area contributed by atoms with Crippen LogP contribution < -0.4 is 4.74 Å². The largest absolute Gasteiger partial charge is 0.481 e. The van der Waals surface area contributed by atoms with E-state index in [1.807, 2.05) is 37.3 Å². The molecule has 2 aliphatic rings. The van der Waals surface area contributed by atoms with Gasteiger partial charge in [0.2, 0.25) is 0 Å². The first kappa shape index (κ1) is 27.9. The summed E-state index contributed by atoms with van der Waals surface area (Å²) in [5, 5.41) is 29.2. The first-order valence-corrected chi connectivity index (χ1v) is 13.2. The minimum Gasteiger partial charge on any atom is -0.481 e. The molecule has 3 rings (SSSR count). The fourth-order valence-electron chi connectivity index (χ4n) is 5.43. The topological polar surface area (TPSA) is 113 Å². The Morgan fingerprint density at radius 1 is 1.11 bits per heavy atom. The molecular formula is C29H40O7. The lowest BCUT2D eigenvalue weighted by Gasteiger charge is -2.42. The number of carboxylic acid groups (broad SMARTS) is 1. The van der Waals surface area contributed by atoms with Crippen molar-refractivity contribution in [2.24, 2.45) is 17.8 Å². The Labute approximate surface area is 213 Å². The highest BCUT2D eigenvalue weighted by Gasteiger charge is 2.41. The second-order valence-corrected chi connectivity index (χ2v) is 10.1. The maximum Gasteiger partial charge on any atom is 0.347 e. The SMILES string of the molecule is CCCC(Oc1ccccc1)C(=O)OC1CCC=C2C=CC(C)C(CCC(O)CC(O)CC(=O)O)C21. The third-order valence-corrected chi connectivity index (χ3v) is 7.24. The molecule has 1 aromatic rings. The number of aliphatic hydroxyl groups excluding tert-OH is 2. The quantitative estimate of drug-likeness (QED) is 0.337. The number of aliphatic hydroxyl groups is 2. The van der Waals surface area contributed by atoms with Crippen LogP contribution in [0, 0.1) is 17.8 Å². The molecule has 0 spiro atoms. The molecule has 7 heteroatoms. The molecule has 0 heterocycles. The van der Waals surface area contributed by atoms with Gasteiger partial charge in [0.25, 0.3) is 0 Å². The number of allylic oxidation sites excluding steroid dienone is 3. The summed E-state index contributed by atoms with van der Waals surface area (Å²) in [6.45, 7) is 4.15. The molecule has 198 valence electrons. The van der Waals surface area contributed by atoms with Gasteiger partial charge in [0, 0.05) is 5.92 Å². The molecule has 7 nitrogen and oxygen atoms in total. The van der Waals surface area contributed by atoms with Crippen molar-refractivity contribution < 1.29 is 34.4 Å². The third-order valence-electron chi connectivity index (χ3n) is 7.24. The van der Waals surface area contributed by atoms with Crippen molar-refractivity contribution in [3.8, 4) is 5.75 Å². The molecular weight excluding hydrogens is 460 g/mol. The van der Waals surface area contributed by atoms with Crippen molar-refractivity contribution in [1.29, 1.82) is 0 Å². The first-order valence-electron chi connectivity index (χ1n) is 13.2. The minimum absolute atomic E-state index is 0.0258. The van der Waals surface area contributed by atoms with E-state index in [0.717, 1.165) is 19.3 Å². The zero-order valence-electron chi connectivity index (χ0n) is 21.3. The molecule has 7 unspecified atom stereocenters. The van der Waals surface area contributed by atoms with Crippen molar-refractivity contribution in [2.45, 2.75) is 89.6 Å². The first-order chi connectivity index (χ1) is 17.3. The van der Waals surface area contributed by atoms with Crippen LogP contribution in [0.15, 0.2) is 54.1 Å². The monoisotopic (exact) mass is 500 g/mol. The molecule has 0 saturated carbocycles. The summed E-state index contributed by atoms with van der Waals surface area (Å²) in [4.78, 5) is 24.0. The maximum atomic E-state index is 13.2. The van der Waals surface area contributed by atoms with Gasteiger partial charge in [-0.05, 0) is 68.1 Å². The van der Waals surface area contributed by atoms with E-state index in [9.17, 15) is 19.8 Å². The van der Waals surface area contributed by atoms with Crippen molar-refractivity contribution in [3.63, 3.8) is 0 Å². The van der Waals surface area contributed by atoms with Gasteiger partial charge in [-0.15, -0.1) is 0 Å². The summed E-state index contributed by atoms with van der Waals surface area (Å²) in [6.07, 6.45) is 7.41. The van der Waals surface area contributed by atoms with Crippen LogP contribution in [0.2, 0.25) is 0 Å². The van der Waals surface area contributed by atoms with Crippen LogP contribution in [0.3, 0.4) is 0 Å². The second kappa shape index (κ2) is 13.6. The summed E-state index contributed by atoms with van der Waals surface area (Å²) in [7, 11) is 0. The van der Waals surface area contributed by atoms with E-state index in [2.05, 4.69) is 25.2 Å². The smallest absolute Gasteiger partial charge is 0.347 e. The Hall–Kier alpha value is -2.64. The molecule has 0 fully saturated rings. The third kappa shape index (κ3) is 7.93. The zero-order chi connectivity index (χ0) is 26.1. The van der Waals surface area contributed by atoms with Crippen LogP contribution in [0.5, 0.6) is 5.75 Å². The Bertz CT molecular complexity index is 909. The molecule has 36 heavy (non-hydrogen) atoms. The lowest BCUT2D eigenvalue weighted by Crippen LogP contribution is -2.42. The minimum atomic E-state index is -1.08. The summed E-state index contributed by atoms with van der Waals surface area (Å²) < 4.78 is 12.1. The van der Waals surface area contributed by atoms with Gasteiger partial charge in [0.15, 0.2) is 6.10 Å². The fourth-order valence-corrected chi connectivity index (χ4v) is 5.43. The zero-order valence-corrected chi connectivity index (χ0v) is 21.3. The second-order valence-electron chi connectivity index (χ2n) is 10.1. The number of rotatable bonds is 13. The number of carbonyl (C=O) groups excluding carboxylic acids is 1. The summed E-state index contributed by atoms with van der Waals surface area (Å²) in [5.41, 5.74) is 1.17. The van der Waals surface area contributed by atoms with Gasteiger partial charge in [-0.1, -0.05) is 56.7 Å². The molecule has 0 saturated heterocycles. The van der Waals surface area contributed by atoms with E-state index in [-0.39, 0.29) is 42.7 Å². The molecule has 0 radical (unpaired) electrons. The Kier molecular flexibility index (Phi) is 10.6. The molecule has 0 aliphatic heterocycles. The van der Waals surface area contributed by atoms with Crippen LogP contribution in [0.25, 0.3) is 0 Å². The lowest BCUT2D eigenvalue weighted by molar-refractivity contribution is -0.162. The van der Waals surface area contributed by atoms with Gasteiger partial charge < -0.3 is 24.8 Å². The van der Waals surface area contributed by atoms with E-state index in [0.29, 0.717) is 25.0 Å². The normalized spacial score (nSPS) is 25.7. The predicted octanol–water partition coefficient (Wildman–Crippen LogP) is 4.67. The number of carboxylic acids is 1. The van der Waals surface area contributed by atoms with Crippen molar-refractivity contribution in [2.75, 3.05) is 0 Å². The molecule has 3 N–H and O–H groups in total. The average Bonchev–Trinajstić information content (AvgIpc) is 2.83. The summed E-state index contributed by atoms with van der Waals surface area (Å²) >= 11 is 0. The number of hydrogen-bond donors (Lipinski definition) is 3. The molecule has 2 aliphatic carbocycles. The molecule has 0 amide bonds. The standard InChI is InChI=1S/C29H40O7/c1-3-8-26(35-23-10-5-4-6-11-23)29(34)36-25-12-7-9-20-14-13-19(2)24(28(20)25)16-15-21(30)17-22(31)18-27(32)33/h4-6,9-11,13-14,19,21-22,24-26,28,30-31H,3,7-8,12,15-18H2,1-2H3,(H,32,33). The van der Waals surface area contributed by atoms with E-state index in [1.54, 1.807) is 0 Å². The van der Waals surface area contributed by atoms with Crippen LogP contribution in [-0.4, -0.2) is 51.7 Å². The highest BCUT2D eigenvalue weighted by Crippen LogP contribution is 2.44. The molecule has 0 bridgehead atoms. The van der Waals surface area contributed by atoms with Crippen LogP contribution in [-0.2, 0) is 14.3 Å². The van der Waals surface area contributed by atoms with Crippen molar-refractivity contribution >= 4 is 11.9 Å². The number of ether oxygens (including phenoxy) is 2. The van der Waals surface area contributed by atoms with Gasteiger partial charge in [0.05, 0.1) is 18.6 Å². The molecule has 0 aromatic heterocycles. The molecule has 1 aromatic carbocycles. The highest BCUT2D eigenvalue weighted by atomic mass is 16.6. The van der Waals surface area contributed by atoms with E-state index < -0.39 is 24.3 Å². The van der Waals surface area contributed by atoms with Gasteiger partial charge in [0.1, 0.15) is 11.9 Å². The number of benzene rings is 1. The number of hydrogen-bond acceptors (Lipinski definition) is 6. The number of para-hydroxylation sites is 1. The van der Waals surface area contributed by atoms with Crippen molar-refractivity contribution in [3.05, 3.63) is 54.1 Å². The van der Waals surface area contributed by atoms with Gasteiger partial charge in [-0.3, -0.25) is 4.79 Å².